The number of hydrogen-bond donors (Lipinski definition) is 2. The van der Waals surface area contributed by atoms with E-state index in [9.17, 15) is 4.79 Å². The highest BCUT2D eigenvalue weighted by Crippen LogP contribution is 2.27. The summed E-state index contributed by atoms with van der Waals surface area (Å²) in [6, 6.07) is 14.1. The van der Waals surface area contributed by atoms with Crippen molar-refractivity contribution in [3.8, 4) is 11.5 Å². The van der Waals surface area contributed by atoms with Gasteiger partial charge in [-0.3, -0.25) is 4.79 Å². The van der Waals surface area contributed by atoms with E-state index in [0.717, 1.165) is 30.8 Å². The van der Waals surface area contributed by atoms with E-state index in [1.165, 1.54) is 18.5 Å². The Hall–Kier alpha value is -2.89. The Morgan fingerprint density at radius 3 is 2.39 bits per heavy atom. The van der Waals surface area contributed by atoms with Crippen molar-refractivity contribution in [2.75, 3.05) is 50.6 Å². The van der Waals surface area contributed by atoms with Crippen molar-refractivity contribution in [3.05, 3.63) is 48.0 Å². The fraction of sp³-hybridized carbons (Fsp3) is 0.409. The van der Waals surface area contributed by atoms with Gasteiger partial charge in [-0.1, -0.05) is 6.07 Å². The van der Waals surface area contributed by atoms with Gasteiger partial charge < -0.3 is 25.0 Å². The van der Waals surface area contributed by atoms with E-state index in [1.807, 2.05) is 30.3 Å². The summed E-state index contributed by atoms with van der Waals surface area (Å²) in [6.07, 6.45) is 3.27. The van der Waals surface area contributed by atoms with Crippen LogP contribution in [0, 0.1) is 0 Å². The summed E-state index contributed by atoms with van der Waals surface area (Å²) in [4.78, 5) is 14.5. The standard InChI is InChI=1S/C22H29N3O3/c1-27-20-10-5-17(15-21(20)28-2)11-12-23-22(26)16-24-18-6-8-19(9-7-18)25-13-3-4-14-25/h5-10,15,24H,3-4,11-14,16H2,1-2H3,(H,23,26). The molecule has 0 unspecified atom stereocenters. The molecule has 0 bridgehead atoms. The van der Waals surface area contributed by atoms with Crippen LogP contribution in [0.15, 0.2) is 42.5 Å². The molecule has 0 saturated carbocycles. The van der Waals surface area contributed by atoms with E-state index in [1.54, 1.807) is 14.2 Å². The molecule has 3 rings (SSSR count). The number of ether oxygens (including phenoxy) is 2. The second kappa shape index (κ2) is 9.88. The summed E-state index contributed by atoms with van der Waals surface area (Å²) >= 11 is 0. The normalized spacial score (nSPS) is 13.3. The number of hydrogen-bond acceptors (Lipinski definition) is 5. The van der Waals surface area contributed by atoms with Crippen molar-refractivity contribution >= 4 is 17.3 Å². The third-order valence-corrected chi connectivity index (χ3v) is 4.98. The molecule has 2 N–H and O–H groups in total. The quantitative estimate of drug-likeness (QED) is 0.697. The number of carbonyl (C=O) groups excluding carboxylic acids is 1. The molecule has 0 atom stereocenters. The van der Waals surface area contributed by atoms with Gasteiger partial charge in [0.25, 0.3) is 0 Å². The number of benzene rings is 2. The molecule has 2 aromatic rings. The van der Waals surface area contributed by atoms with Gasteiger partial charge in [0.2, 0.25) is 5.91 Å². The summed E-state index contributed by atoms with van der Waals surface area (Å²) in [5, 5.41) is 6.12. The van der Waals surface area contributed by atoms with E-state index in [0.29, 0.717) is 18.0 Å². The van der Waals surface area contributed by atoms with Crippen LogP contribution in [-0.2, 0) is 11.2 Å². The van der Waals surface area contributed by atoms with Crippen LogP contribution in [0.5, 0.6) is 11.5 Å². The van der Waals surface area contributed by atoms with E-state index in [4.69, 9.17) is 9.47 Å². The van der Waals surface area contributed by atoms with Crippen LogP contribution in [0.4, 0.5) is 11.4 Å². The van der Waals surface area contributed by atoms with E-state index >= 15 is 0 Å². The molecule has 1 aliphatic rings. The Labute approximate surface area is 166 Å². The lowest BCUT2D eigenvalue weighted by molar-refractivity contribution is -0.119. The highest BCUT2D eigenvalue weighted by atomic mass is 16.5. The van der Waals surface area contributed by atoms with Crippen molar-refractivity contribution in [2.45, 2.75) is 19.3 Å². The van der Waals surface area contributed by atoms with Gasteiger partial charge in [0.1, 0.15) is 0 Å². The fourth-order valence-electron chi connectivity index (χ4n) is 3.39. The molecular weight excluding hydrogens is 354 g/mol. The number of anilines is 2. The zero-order valence-electron chi connectivity index (χ0n) is 16.7. The van der Waals surface area contributed by atoms with E-state index in [2.05, 4.69) is 27.7 Å². The van der Waals surface area contributed by atoms with Gasteiger partial charge in [-0.05, 0) is 61.2 Å². The first kappa shape index (κ1) is 19.9. The lowest BCUT2D eigenvalue weighted by Gasteiger charge is -2.18. The Balaban J connectivity index is 1.40. The predicted molar refractivity (Wildman–Crippen MR) is 113 cm³/mol. The monoisotopic (exact) mass is 383 g/mol. The molecule has 150 valence electrons. The molecule has 0 spiro atoms. The van der Waals surface area contributed by atoms with Crippen LogP contribution in [-0.4, -0.2) is 46.3 Å². The minimum atomic E-state index is -0.0240. The summed E-state index contributed by atoms with van der Waals surface area (Å²) in [5.41, 5.74) is 3.30. The number of carbonyl (C=O) groups is 1. The minimum absolute atomic E-state index is 0.0240. The van der Waals surface area contributed by atoms with Crippen molar-refractivity contribution in [1.29, 1.82) is 0 Å². The SMILES string of the molecule is COc1ccc(CCNC(=O)CNc2ccc(N3CCCC3)cc2)cc1OC. The van der Waals surface area contributed by atoms with Crippen LogP contribution in [0.2, 0.25) is 0 Å². The number of methoxy groups -OCH3 is 2. The molecule has 1 aliphatic heterocycles. The second-order valence-electron chi connectivity index (χ2n) is 6.88. The maximum Gasteiger partial charge on any atom is 0.239 e. The Bertz CT molecular complexity index is 771. The van der Waals surface area contributed by atoms with Crippen molar-refractivity contribution in [2.24, 2.45) is 0 Å². The van der Waals surface area contributed by atoms with Crippen LogP contribution < -0.4 is 25.0 Å². The van der Waals surface area contributed by atoms with Crippen molar-refractivity contribution < 1.29 is 14.3 Å². The summed E-state index contributed by atoms with van der Waals surface area (Å²) in [6.45, 7) is 3.10. The van der Waals surface area contributed by atoms with Crippen LogP contribution in [0.3, 0.4) is 0 Å². The van der Waals surface area contributed by atoms with Gasteiger partial charge in [0, 0.05) is 31.0 Å². The first-order chi connectivity index (χ1) is 13.7. The Morgan fingerprint density at radius 2 is 1.71 bits per heavy atom. The highest BCUT2D eigenvalue weighted by molar-refractivity contribution is 5.80. The number of nitrogens with one attached hydrogen (secondary N) is 2. The number of rotatable bonds is 9. The Morgan fingerprint density at radius 1 is 1.00 bits per heavy atom. The smallest absolute Gasteiger partial charge is 0.239 e. The molecular formula is C22H29N3O3. The zero-order chi connectivity index (χ0) is 19.8. The average molecular weight is 383 g/mol. The molecule has 0 aromatic heterocycles. The number of nitrogens with zero attached hydrogens (tertiary/aromatic N) is 1. The second-order valence-corrected chi connectivity index (χ2v) is 6.88. The number of amides is 1. The average Bonchev–Trinajstić information content (AvgIpc) is 3.27. The van der Waals surface area contributed by atoms with E-state index in [-0.39, 0.29) is 12.5 Å². The van der Waals surface area contributed by atoms with Crippen LogP contribution >= 0.6 is 0 Å². The summed E-state index contributed by atoms with van der Waals surface area (Å²) in [5.74, 6) is 1.38. The van der Waals surface area contributed by atoms with Crippen LogP contribution in [0.1, 0.15) is 18.4 Å². The molecule has 0 aliphatic carbocycles. The molecule has 28 heavy (non-hydrogen) atoms. The van der Waals surface area contributed by atoms with Gasteiger partial charge in [0.05, 0.1) is 20.8 Å². The highest BCUT2D eigenvalue weighted by Gasteiger charge is 2.12. The van der Waals surface area contributed by atoms with Crippen molar-refractivity contribution in [3.63, 3.8) is 0 Å². The molecule has 6 nitrogen and oxygen atoms in total. The first-order valence-corrected chi connectivity index (χ1v) is 9.76. The molecule has 1 heterocycles. The maximum atomic E-state index is 12.1. The van der Waals surface area contributed by atoms with Gasteiger partial charge in [0.15, 0.2) is 11.5 Å². The lowest BCUT2D eigenvalue weighted by Crippen LogP contribution is -2.31. The minimum Gasteiger partial charge on any atom is -0.493 e. The van der Waals surface area contributed by atoms with Gasteiger partial charge >= 0.3 is 0 Å². The topological polar surface area (TPSA) is 62.8 Å². The van der Waals surface area contributed by atoms with Crippen molar-refractivity contribution in [1.82, 2.24) is 5.32 Å². The molecule has 1 fully saturated rings. The van der Waals surface area contributed by atoms with Gasteiger partial charge in [-0.15, -0.1) is 0 Å². The maximum absolute atomic E-state index is 12.1. The largest absolute Gasteiger partial charge is 0.493 e. The Kier molecular flexibility index (Phi) is 7.00. The third-order valence-electron chi connectivity index (χ3n) is 4.98. The molecule has 1 amide bonds. The third kappa shape index (κ3) is 5.31. The summed E-state index contributed by atoms with van der Waals surface area (Å²) in [7, 11) is 3.23. The molecule has 0 radical (unpaired) electrons. The molecule has 2 aromatic carbocycles. The van der Waals surface area contributed by atoms with Crippen LogP contribution in [0.25, 0.3) is 0 Å². The lowest BCUT2D eigenvalue weighted by atomic mass is 10.1. The van der Waals surface area contributed by atoms with Gasteiger partial charge in [-0.2, -0.15) is 0 Å². The predicted octanol–water partition coefficient (Wildman–Crippen LogP) is 3.07. The van der Waals surface area contributed by atoms with E-state index < -0.39 is 0 Å². The fourth-order valence-corrected chi connectivity index (χ4v) is 3.39. The first-order valence-electron chi connectivity index (χ1n) is 9.76. The zero-order valence-corrected chi connectivity index (χ0v) is 16.7. The van der Waals surface area contributed by atoms with Gasteiger partial charge in [-0.25, -0.2) is 0 Å². The summed E-state index contributed by atoms with van der Waals surface area (Å²) < 4.78 is 10.5. The molecule has 1 saturated heterocycles. The molecule has 6 heteroatoms.